The Morgan fingerprint density at radius 3 is 2.75 bits per heavy atom. The minimum atomic E-state index is -0.250. The van der Waals surface area contributed by atoms with Gasteiger partial charge in [-0.15, -0.1) is 0 Å². The lowest BCUT2D eigenvalue weighted by molar-refractivity contribution is 0.0943. The van der Waals surface area contributed by atoms with Gasteiger partial charge in [0.05, 0.1) is 24.7 Å². The Balaban J connectivity index is 1.96. The number of nitrogens with one attached hydrogen (secondary N) is 2. The van der Waals surface area contributed by atoms with Crippen LogP contribution in [0.4, 0.5) is 11.5 Å². The average molecular weight is 330 g/mol. The van der Waals surface area contributed by atoms with Gasteiger partial charge in [0.15, 0.2) is 0 Å². The number of carbonyl (C=O) groups excluding carboxylic acids is 1. The highest BCUT2D eigenvalue weighted by Gasteiger charge is 2.08. The normalized spacial score (nSPS) is 10.2. The van der Waals surface area contributed by atoms with Gasteiger partial charge < -0.3 is 20.1 Å². The third kappa shape index (κ3) is 5.20. The van der Waals surface area contributed by atoms with Crippen molar-refractivity contribution in [2.24, 2.45) is 0 Å². The van der Waals surface area contributed by atoms with E-state index in [9.17, 15) is 4.79 Å². The Morgan fingerprint density at radius 1 is 1.21 bits per heavy atom. The molecule has 1 aromatic carbocycles. The van der Waals surface area contributed by atoms with Crippen LogP contribution in [0, 0.1) is 0 Å². The van der Waals surface area contributed by atoms with Gasteiger partial charge in [-0.05, 0) is 25.5 Å². The second kappa shape index (κ2) is 9.46. The summed E-state index contributed by atoms with van der Waals surface area (Å²) in [5.41, 5.74) is 1.07. The predicted molar refractivity (Wildman–Crippen MR) is 91.8 cm³/mol. The van der Waals surface area contributed by atoms with E-state index in [1.807, 2.05) is 31.2 Å². The Morgan fingerprint density at radius 2 is 2.04 bits per heavy atom. The molecule has 0 atom stereocenters. The summed E-state index contributed by atoms with van der Waals surface area (Å²) in [4.78, 5) is 20.3. The number of aromatic nitrogens is 2. The average Bonchev–Trinajstić information content (AvgIpc) is 2.61. The first-order chi connectivity index (χ1) is 11.7. The van der Waals surface area contributed by atoms with E-state index in [-0.39, 0.29) is 11.6 Å². The zero-order valence-corrected chi connectivity index (χ0v) is 13.9. The largest absolute Gasteiger partial charge is 0.492 e. The van der Waals surface area contributed by atoms with E-state index in [4.69, 9.17) is 9.47 Å². The lowest BCUT2D eigenvalue weighted by Gasteiger charge is -2.11. The Hall–Kier alpha value is -2.67. The third-order valence-corrected chi connectivity index (χ3v) is 3.14. The van der Waals surface area contributed by atoms with Crippen LogP contribution in [0.25, 0.3) is 0 Å². The van der Waals surface area contributed by atoms with Gasteiger partial charge in [-0.2, -0.15) is 0 Å². The number of carbonyl (C=O) groups is 1. The van der Waals surface area contributed by atoms with Crippen LogP contribution in [0.15, 0.2) is 36.7 Å². The number of amides is 1. The Bertz CT molecular complexity index is 647. The van der Waals surface area contributed by atoms with Crippen LogP contribution in [0.1, 0.15) is 23.8 Å². The first-order valence-corrected chi connectivity index (χ1v) is 7.82. The molecule has 2 aromatic rings. The molecule has 0 saturated heterocycles. The van der Waals surface area contributed by atoms with Gasteiger partial charge in [-0.25, -0.2) is 9.97 Å². The second-order valence-corrected chi connectivity index (χ2v) is 4.94. The van der Waals surface area contributed by atoms with Crippen molar-refractivity contribution in [1.29, 1.82) is 0 Å². The van der Waals surface area contributed by atoms with Gasteiger partial charge in [0.2, 0.25) is 0 Å². The fourth-order valence-corrected chi connectivity index (χ4v) is 2.01. The van der Waals surface area contributed by atoms with Crippen LogP contribution in [0.3, 0.4) is 0 Å². The van der Waals surface area contributed by atoms with Crippen LogP contribution in [0.2, 0.25) is 0 Å². The minimum Gasteiger partial charge on any atom is -0.492 e. The van der Waals surface area contributed by atoms with Crippen LogP contribution < -0.4 is 15.4 Å². The van der Waals surface area contributed by atoms with E-state index in [1.54, 1.807) is 7.11 Å². The molecule has 128 valence electrons. The van der Waals surface area contributed by atoms with Crippen molar-refractivity contribution in [3.05, 3.63) is 42.4 Å². The van der Waals surface area contributed by atoms with Crippen molar-refractivity contribution >= 4 is 17.4 Å². The van der Waals surface area contributed by atoms with Crippen LogP contribution in [-0.4, -0.2) is 42.7 Å². The maximum absolute atomic E-state index is 11.9. The van der Waals surface area contributed by atoms with Gasteiger partial charge >= 0.3 is 0 Å². The van der Waals surface area contributed by atoms with Gasteiger partial charge in [-0.1, -0.05) is 12.1 Å². The molecule has 0 fully saturated rings. The highest BCUT2D eigenvalue weighted by Crippen LogP contribution is 2.26. The smallest absolute Gasteiger partial charge is 0.271 e. The van der Waals surface area contributed by atoms with Crippen molar-refractivity contribution in [2.75, 3.05) is 32.2 Å². The molecule has 0 aliphatic heterocycles. The number of benzene rings is 1. The summed E-state index contributed by atoms with van der Waals surface area (Å²) >= 11 is 0. The van der Waals surface area contributed by atoms with E-state index in [0.717, 1.165) is 17.9 Å². The highest BCUT2D eigenvalue weighted by atomic mass is 16.5. The molecule has 0 aliphatic rings. The second-order valence-electron chi connectivity index (χ2n) is 4.94. The van der Waals surface area contributed by atoms with Gasteiger partial charge in [0.1, 0.15) is 17.3 Å². The minimum absolute atomic E-state index is 0.250. The zero-order valence-electron chi connectivity index (χ0n) is 13.9. The van der Waals surface area contributed by atoms with E-state index < -0.39 is 0 Å². The van der Waals surface area contributed by atoms with Crippen LogP contribution in [0.5, 0.6) is 5.75 Å². The Kier molecular flexibility index (Phi) is 6.97. The number of nitrogens with zero attached hydrogens (tertiary/aromatic N) is 2. The molecule has 0 saturated carbocycles. The number of hydrogen-bond donors (Lipinski definition) is 2. The van der Waals surface area contributed by atoms with Crippen molar-refractivity contribution in [3.63, 3.8) is 0 Å². The zero-order chi connectivity index (χ0) is 17.2. The summed E-state index contributed by atoms with van der Waals surface area (Å²) in [5, 5.41) is 5.90. The Labute approximate surface area is 141 Å². The molecule has 2 N–H and O–H groups in total. The fourth-order valence-electron chi connectivity index (χ4n) is 2.01. The van der Waals surface area contributed by atoms with Crippen molar-refractivity contribution in [3.8, 4) is 5.75 Å². The maximum atomic E-state index is 11.9. The van der Waals surface area contributed by atoms with Gasteiger partial charge in [-0.3, -0.25) is 4.79 Å². The topological polar surface area (TPSA) is 85.4 Å². The molecule has 0 spiro atoms. The number of hydrogen-bond acceptors (Lipinski definition) is 6. The quantitative estimate of drug-likeness (QED) is 0.687. The molecule has 0 radical (unpaired) electrons. The fraction of sp³-hybridized carbons (Fsp3) is 0.353. The van der Waals surface area contributed by atoms with E-state index in [0.29, 0.717) is 25.6 Å². The molecule has 1 amide bonds. The molecular formula is C17H22N4O3. The van der Waals surface area contributed by atoms with Crippen molar-refractivity contribution in [2.45, 2.75) is 13.3 Å². The first-order valence-electron chi connectivity index (χ1n) is 7.82. The lowest BCUT2D eigenvalue weighted by Crippen LogP contribution is -2.26. The summed E-state index contributed by atoms with van der Waals surface area (Å²) in [5.74, 6) is 1.03. The van der Waals surface area contributed by atoms with E-state index >= 15 is 0 Å². The van der Waals surface area contributed by atoms with Gasteiger partial charge in [0.25, 0.3) is 5.91 Å². The number of methoxy groups -OCH3 is 1. The summed E-state index contributed by atoms with van der Waals surface area (Å²) in [6.45, 7) is 3.65. The van der Waals surface area contributed by atoms with Crippen LogP contribution in [-0.2, 0) is 4.74 Å². The SMILES string of the molecule is CCOc1ccccc1Nc1cnc(C(=O)NCCCOC)cn1. The third-order valence-electron chi connectivity index (χ3n) is 3.14. The number of para-hydroxylation sites is 2. The molecule has 1 aromatic heterocycles. The van der Waals surface area contributed by atoms with Gasteiger partial charge in [0, 0.05) is 20.3 Å². The first kappa shape index (κ1) is 17.7. The molecule has 7 heteroatoms. The highest BCUT2D eigenvalue weighted by molar-refractivity contribution is 5.92. The standard InChI is InChI=1S/C17H22N4O3/c1-3-24-15-8-5-4-7-13(15)21-16-12-19-14(11-20-16)17(22)18-9-6-10-23-2/h4-5,7-8,11-12H,3,6,9-10H2,1-2H3,(H,18,22)(H,20,21). The van der Waals surface area contributed by atoms with E-state index in [2.05, 4.69) is 20.6 Å². The molecule has 1 heterocycles. The van der Waals surface area contributed by atoms with E-state index in [1.165, 1.54) is 12.4 Å². The summed E-state index contributed by atoms with van der Waals surface area (Å²) in [6.07, 6.45) is 3.72. The summed E-state index contributed by atoms with van der Waals surface area (Å²) in [7, 11) is 1.63. The molecule has 2 rings (SSSR count). The number of anilines is 2. The van der Waals surface area contributed by atoms with Crippen molar-refractivity contribution in [1.82, 2.24) is 15.3 Å². The predicted octanol–water partition coefficient (Wildman–Crippen LogP) is 2.39. The monoisotopic (exact) mass is 330 g/mol. The molecule has 0 bridgehead atoms. The number of ether oxygens (including phenoxy) is 2. The molecule has 0 unspecified atom stereocenters. The molecule has 0 aliphatic carbocycles. The maximum Gasteiger partial charge on any atom is 0.271 e. The molecule has 24 heavy (non-hydrogen) atoms. The summed E-state index contributed by atoms with van der Waals surface area (Å²) < 4.78 is 10.5. The van der Waals surface area contributed by atoms with Crippen LogP contribution >= 0.6 is 0 Å². The lowest BCUT2D eigenvalue weighted by atomic mass is 10.3. The van der Waals surface area contributed by atoms with Crippen molar-refractivity contribution < 1.29 is 14.3 Å². The molecule has 7 nitrogen and oxygen atoms in total. The number of rotatable bonds is 9. The summed E-state index contributed by atoms with van der Waals surface area (Å²) in [6, 6.07) is 7.57. The molecular weight excluding hydrogens is 308 g/mol.